The third-order valence-electron chi connectivity index (χ3n) is 3.26. The number of halogens is 1. The summed E-state index contributed by atoms with van der Waals surface area (Å²) in [6.07, 6.45) is 7.48. The van der Waals surface area contributed by atoms with Crippen LogP contribution in [0.1, 0.15) is 11.3 Å². The van der Waals surface area contributed by atoms with Gasteiger partial charge in [-0.15, -0.1) is 11.3 Å². The Morgan fingerprint density at radius 3 is 3.00 bits per heavy atom. The van der Waals surface area contributed by atoms with Crippen molar-refractivity contribution in [2.45, 2.75) is 12.5 Å². The summed E-state index contributed by atoms with van der Waals surface area (Å²) in [4.78, 5) is 23.2. The molecule has 3 heterocycles. The Bertz CT molecular complexity index is 658. The minimum atomic E-state index is -0.0553. The first kappa shape index (κ1) is 15.2. The number of carbonyl (C=O) groups excluding carboxylic acids is 1. The van der Waals surface area contributed by atoms with Crippen LogP contribution in [0.15, 0.2) is 40.5 Å². The lowest BCUT2D eigenvalue weighted by Gasteiger charge is -2.14. The molecule has 22 heavy (non-hydrogen) atoms. The monoisotopic (exact) mass is 379 g/mol. The van der Waals surface area contributed by atoms with Gasteiger partial charge in [-0.05, 0) is 33.5 Å². The lowest BCUT2D eigenvalue weighted by atomic mass is 10.3. The summed E-state index contributed by atoms with van der Waals surface area (Å²) in [5, 5.41) is 1.99. The predicted molar refractivity (Wildman–Crippen MR) is 88.7 cm³/mol. The summed E-state index contributed by atoms with van der Waals surface area (Å²) in [6, 6.07) is 4.29. The zero-order chi connectivity index (χ0) is 15.4. The van der Waals surface area contributed by atoms with Gasteiger partial charge in [-0.3, -0.25) is 4.79 Å². The van der Waals surface area contributed by atoms with Gasteiger partial charge in [-0.25, -0.2) is 9.97 Å². The summed E-state index contributed by atoms with van der Waals surface area (Å²) in [6.45, 7) is 1.25. The Hall–Kier alpha value is -1.73. The van der Waals surface area contributed by atoms with E-state index in [1.807, 2.05) is 23.6 Å². The normalized spacial score (nSPS) is 18.0. The van der Waals surface area contributed by atoms with Crippen LogP contribution in [0, 0.1) is 0 Å². The molecular formula is C15H14BrN3O2S. The van der Waals surface area contributed by atoms with E-state index in [9.17, 15) is 4.79 Å². The van der Waals surface area contributed by atoms with Gasteiger partial charge in [0.05, 0.1) is 11.0 Å². The maximum atomic E-state index is 12.1. The van der Waals surface area contributed by atoms with Gasteiger partial charge in [0.2, 0.25) is 5.91 Å². The second-order valence-electron chi connectivity index (χ2n) is 4.85. The molecule has 7 heteroatoms. The van der Waals surface area contributed by atoms with E-state index >= 15 is 0 Å². The average Bonchev–Trinajstić information content (AvgIpc) is 3.19. The van der Waals surface area contributed by atoms with Crippen LogP contribution in [-0.4, -0.2) is 40.0 Å². The van der Waals surface area contributed by atoms with Gasteiger partial charge in [-0.1, -0.05) is 6.07 Å². The second-order valence-corrected chi connectivity index (χ2v) is 6.74. The Balaban J connectivity index is 1.53. The first-order valence-electron chi connectivity index (χ1n) is 6.85. The van der Waals surface area contributed by atoms with Crippen LogP contribution < -0.4 is 4.74 Å². The fraction of sp³-hybridized carbons (Fsp3) is 0.267. The Morgan fingerprint density at radius 1 is 1.45 bits per heavy atom. The minimum absolute atomic E-state index is 0.0104. The van der Waals surface area contributed by atoms with Crippen LogP contribution in [0.2, 0.25) is 0 Å². The fourth-order valence-electron chi connectivity index (χ4n) is 2.18. The van der Waals surface area contributed by atoms with Crippen molar-refractivity contribution in [3.63, 3.8) is 0 Å². The molecule has 3 rings (SSSR count). The fourth-order valence-corrected chi connectivity index (χ4v) is 3.00. The SMILES string of the molecule is O=C(/C=C/c1cccs1)N1CCC(Oc2ncc(Br)cn2)C1. The number of ether oxygens (including phenoxy) is 1. The summed E-state index contributed by atoms with van der Waals surface area (Å²) in [5.74, 6) is 0.0104. The lowest BCUT2D eigenvalue weighted by molar-refractivity contribution is -0.125. The largest absolute Gasteiger partial charge is 0.458 e. The molecule has 1 amide bonds. The quantitative estimate of drug-likeness (QED) is 0.766. The van der Waals surface area contributed by atoms with Crippen LogP contribution in [-0.2, 0) is 4.79 Å². The molecule has 1 atom stereocenters. The standard InChI is InChI=1S/C15H14BrN3O2S/c16-11-8-17-15(18-9-11)21-12-5-6-19(10-12)14(20)4-3-13-2-1-7-22-13/h1-4,7-9,12H,5-6,10H2/b4-3+. The first-order chi connectivity index (χ1) is 10.7. The molecule has 2 aromatic rings. The molecule has 0 aliphatic carbocycles. The molecular weight excluding hydrogens is 366 g/mol. The van der Waals surface area contributed by atoms with Gasteiger partial charge >= 0.3 is 6.01 Å². The molecule has 0 radical (unpaired) electrons. The number of hydrogen-bond donors (Lipinski definition) is 0. The maximum Gasteiger partial charge on any atom is 0.316 e. The van der Waals surface area contributed by atoms with Crippen molar-refractivity contribution in [3.8, 4) is 6.01 Å². The number of carbonyl (C=O) groups is 1. The van der Waals surface area contributed by atoms with Crippen molar-refractivity contribution in [3.05, 3.63) is 45.3 Å². The Labute approximate surface area is 140 Å². The number of amides is 1. The number of nitrogens with zero attached hydrogens (tertiary/aromatic N) is 3. The van der Waals surface area contributed by atoms with Crippen LogP contribution in [0.5, 0.6) is 6.01 Å². The number of hydrogen-bond acceptors (Lipinski definition) is 5. The van der Waals surface area contributed by atoms with E-state index in [-0.39, 0.29) is 12.0 Å². The van der Waals surface area contributed by atoms with Crippen molar-refractivity contribution in [2.75, 3.05) is 13.1 Å². The van der Waals surface area contributed by atoms with Crippen molar-refractivity contribution >= 4 is 39.2 Å². The molecule has 2 aromatic heterocycles. The van der Waals surface area contributed by atoms with Gasteiger partial charge in [0.25, 0.3) is 0 Å². The molecule has 114 valence electrons. The Morgan fingerprint density at radius 2 is 2.27 bits per heavy atom. The number of likely N-dealkylation sites (tertiary alicyclic amines) is 1. The van der Waals surface area contributed by atoms with Gasteiger partial charge < -0.3 is 9.64 Å². The molecule has 1 unspecified atom stereocenters. The zero-order valence-electron chi connectivity index (χ0n) is 11.7. The molecule has 1 aliphatic heterocycles. The van der Waals surface area contributed by atoms with Crippen molar-refractivity contribution in [2.24, 2.45) is 0 Å². The number of rotatable bonds is 4. The van der Waals surface area contributed by atoms with E-state index in [1.165, 1.54) is 0 Å². The molecule has 0 N–H and O–H groups in total. The third kappa shape index (κ3) is 3.92. The number of aromatic nitrogens is 2. The highest BCUT2D eigenvalue weighted by molar-refractivity contribution is 9.10. The molecule has 0 spiro atoms. The van der Waals surface area contributed by atoms with Crippen LogP contribution in [0.25, 0.3) is 6.08 Å². The zero-order valence-corrected chi connectivity index (χ0v) is 14.1. The van der Waals surface area contributed by atoms with E-state index in [0.717, 1.165) is 15.8 Å². The molecule has 1 aliphatic rings. The van der Waals surface area contributed by atoms with Crippen molar-refractivity contribution in [1.82, 2.24) is 14.9 Å². The first-order valence-corrected chi connectivity index (χ1v) is 8.52. The maximum absolute atomic E-state index is 12.1. The van der Waals surface area contributed by atoms with E-state index in [0.29, 0.717) is 19.1 Å². The third-order valence-corrected chi connectivity index (χ3v) is 4.51. The second kappa shape index (κ2) is 7.02. The van der Waals surface area contributed by atoms with Crippen molar-refractivity contribution < 1.29 is 9.53 Å². The lowest BCUT2D eigenvalue weighted by Crippen LogP contribution is -2.29. The van der Waals surface area contributed by atoms with Gasteiger partial charge in [0.1, 0.15) is 6.10 Å². The van der Waals surface area contributed by atoms with Crippen LogP contribution in [0.3, 0.4) is 0 Å². The van der Waals surface area contributed by atoms with Gasteiger partial charge in [0, 0.05) is 36.3 Å². The van der Waals surface area contributed by atoms with Crippen LogP contribution >= 0.6 is 27.3 Å². The van der Waals surface area contributed by atoms with E-state index in [1.54, 1.807) is 34.7 Å². The molecule has 1 fully saturated rings. The van der Waals surface area contributed by atoms with E-state index in [2.05, 4.69) is 25.9 Å². The summed E-state index contributed by atoms with van der Waals surface area (Å²) in [7, 11) is 0. The smallest absolute Gasteiger partial charge is 0.316 e. The van der Waals surface area contributed by atoms with Gasteiger partial charge in [-0.2, -0.15) is 0 Å². The molecule has 0 bridgehead atoms. The van der Waals surface area contributed by atoms with E-state index < -0.39 is 0 Å². The highest BCUT2D eigenvalue weighted by Gasteiger charge is 2.27. The minimum Gasteiger partial charge on any atom is -0.458 e. The predicted octanol–water partition coefficient (Wildman–Crippen LogP) is 2.99. The summed E-state index contributed by atoms with van der Waals surface area (Å²) < 4.78 is 6.51. The topological polar surface area (TPSA) is 55.3 Å². The molecule has 0 aromatic carbocycles. The number of thiophene rings is 1. The Kier molecular flexibility index (Phi) is 4.84. The van der Waals surface area contributed by atoms with E-state index in [4.69, 9.17) is 4.74 Å². The van der Waals surface area contributed by atoms with Crippen molar-refractivity contribution in [1.29, 1.82) is 0 Å². The molecule has 0 saturated carbocycles. The average molecular weight is 380 g/mol. The summed E-state index contributed by atoms with van der Waals surface area (Å²) >= 11 is 4.89. The highest BCUT2D eigenvalue weighted by Crippen LogP contribution is 2.17. The summed E-state index contributed by atoms with van der Waals surface area (Å²) in [5.41, 5.74) is 0. The molecule has 5 nitrogen and oxygen atoms in total. The van der Waals surface area contributed by atoms with Crippen LogP contribution in [0.4, 0.5) is 0 Å². The van der Waals surface area contributed by atoms with Gasteiger partial charge in [0.15, 0.2) is 0 Å². The highest BCUT2D eigenvalue weighted by atomic mass is 79.9. The molecule has 1 saturated heterocycles.